The molecular weight excluding hydrogens is 382 g/mol. The number of sulfonamides is 1. The fourth-order valence-corrected chi connectivity index (χ4v) is 3.40. The Kier molecular flexibility index (Phi) is 8.31. The molecule has 2 N–H and O–H groups in total. The second-order valence-electron chi connectivity index (χ2n) is 5.58. The zero-order valence-electron chi connectivity index (χ0n) is 15.1. The number of sulfone groups is 1. The normalized spacial score (nSPS) is 11.8. The van der Waals surface area contributed by atoms with E-state index >= 15 is 0 Å². The third-order valence-electron chi connectivity index (χ3n) is 3.34. The highest BCUT2D eigenvalue weighted by Gasteiger charge is 2.14. The summed E-state index contributed by atoms with van der Waals surface area (Å²) in [7, 11) is -3.65. The summed E-state index contributed by atoms with van der Waals surface area (Å²) < 4.78 is 54.8. The van der Waals surface area contributed by atoms with Crippen molar-refractivity contribution >= 4 is 25.9 Å². The van der Waals surface area contributed by atoms with E-state index in [9.17, 15) is 21.6 Å². The van der Waals surface area contributed by atoms with Crippen molar-refractivity contribution in [2.24, 2.45) is 0 Å². The second kappa shape index (κ2) is 9.74. The van der Waals surface area contributed by atoms with Gasteiger partial charge in [0.1, 0.15) is 12.4 Å². The van der Waals surface area contributed by atoms with Gasteiger partial charge in [0, 0.05) is 32.9 Å². The molecule has 0 heterocycles. The molecule has 0 aliphatic carbocycles. The number of carbonyl (C=O) groups is 1. The number of carbonyl (C=O) groups excluding carboxylic acids is 1. The van der Waals surface area contributed by atoms with E-state index in [0.29, 0.717) is 5.75 Å². The molecule has 1 aromatic carbocycles. The molecule has 1 rings (SSSR count). The smallest absolute Gasteiger partial charge is 0.316 e. The van der Waals surface area contributed by atoms with Crippen LogP contribution in [0.5, 0.6) is 5.75 Å². The van der Waals surface area contributed by atoms with E-state index in [1.165, 1.54) is 29.2 Å². The van der Waals surface area contributed by atoms with Gasteiger partial charge in [-0.25, -0.2) is 26.4 Å². The summed E-state index contributed by atoms with van der Waals surface area (Å²) in [4.78, 5) is 12.7. The third-order valence-corrected chi connectivity index (χ3v) is 6.48. The highest BCUT2D eigenvalue weighted by Crippen LogP contribution is 2.15. The lowest BCUT2D eigenvalue weighted by Crippen LogP contribution is -2.39. The number of amides is 2. The molecule has 0 saturated heterocycles. The lowest BCUT2D eigenvalue weighted by molar-refractivity contribution is 0.217. The second-order valence-corrected chi connectivity index (χ2v) is 9.82. The molecule has 1 aromatic rings. The standard InChI is InChI=1S/C15H25N3O6S2/c1-4-25(20,21)12-11-24-13-5-7-14(8-6-13)26(22,23)17-10-9-16-15(19)18(2)3/h5-8,17H,4,9-12H2,1-3H3,(H,16,19). The Labute approximate surface area is 154 Å². The van der Waals surface area contributed by atoms with Gasteiger partial charge in [0.25, 0.3) is 0 Å². The Morgan fingerprint density at radius 1 is 1.08 bits per heavy atom. The van der Waals surface area contributed by atoms with Gasteiger partial charge in [-0.1, -0.05) is 6.92 Å². The van der Waals surface area contributed by atoms with E-state index in [-0.39, 0.29) is 42.1 Å². The maximum absolute atomic E-state index is 12.2. The number of rotatable bonds is 10. The van der Waals surface area contributed by atoms with Crippen molar-refractivity contribution in [2.75, 3.05) is 45.3 Å². The molecule has 0 unspecified atom stereocenters. The summed E-state index contributed by atoms with van der Waals surface area (Å²) in [6.45, 7) is 1.78. The van der Waals surface area contributed by atoms with Gasteiger partial charge in [-0.3, -0.25) is 0 Å². The first kappa shape index (κ1) is 22.2. The topological polar surface area (TPSA) is 122 Å². The number of ether oxygens (including phenoxy) is 1. The Hall–Kier alpha value is -1.85. The van der Waals surface area contributed by atoms with Gasteiger partial charge in [0.05, 0.1) is 10.6 Å². The van der Waals surface area contributed by atoms with Crippen LogP contribution >= 0.6 is 0 Å². The molecule has 0 aliphatic rings. The summed E-state index contributed by atoms with van der Waals surface area (Å²) in [5.41, 5.74) is 0. The minimum absolute atomic E-state index is 0.00604. The molecule has 9 nitrogen and oxygen atoms in total. The molecule has 148 valence electrons. The zero-order valence-corrected chi connectivity index (χ0v) is 16.7. The Morgan fingerprint density at radius 2 is 1.69 bits per heavy atom. The minimum Gasteiger partial charge on any atom is -0.493 e. The quantitative estimate of drug-likeness (QED) is 0.529. The summed E-state index contributed by atoms with van der Waals surface area (Å²) >= 11 is 0. The van der Waals surface area contributed by atoms with Gasteiger partial charge in [0.2, 0.25) is 10.0 Å². The highest BCUT2D eigenvalue weighted by atomic mass is 32.2. The van der Waals surface area contributed by atoms with Crippen molar-refractivity contribution in [1.82, 2.24) is 14.9 Å². The van der Waals surface area contributed by atoms with E-state index < -0.39 is 19.9 Å². The molecule has 0 radical (unpaired) electrons. The van der Waals surface area contributed by atoms with Crippen LogP contribution in [0, 0.1) is 0 Å². The molecule has 0 atom stereocenters. The predicted octanol–water partition coefficient (Wildman–Crippen LogP) is 0.0496. The Morgan fingerprint density at radius 3 is 2.23 bits per heavy atom. The number of nitrogens with zero attached hydrogens (tertiary/aromatic N) is 1. The van der Waals surface area contributed by atoms with Gasteiger partial charge in [-0.05, 0) is 24.3 Å². The largest absolute Gasteiger partial charge is 0.493 e. The molecule has 0 bridgehead atoms. The van der Waals surface area contributed by atoms with Gasteiger partial charge in [0.15, 0.2) is 9.84 Å². The Bertz CT molecular complexity index is 789. The zero-order chi connectivity index (χ0) is 19.8. The van der Waals surface area contributed by atoms with E-state index in [2.05, 4.69) is 10.0 Å². The van der Waals surface area contributed by atoms with E-state index in [1.807, 2.05) is 0 Å². The summed E-state index contributed by atoms with van der Waals surface area (Å²) in [5, 5.41) is 2.55. The molecule has 0 saturated carbocycles. The minimum atomic E-state index is -3.71. The van der Waals surface area contributed by atoms with Crippen molar-refractivity contribution in [3.05, 3.63) is 24.3 Å². The van der Waals surface area contributed by atoms with Crippen molar-refractivity contribution in [3.8, 4) is 5.75 Å². The third kappa shape index (κ3) is 7.58. The fraction of sp³-hybridized carbons (Fsp3) is 0.533. The van der Waals surface area contributed by atoms with Crippen LogP contribution in [0.2, 0.25) is 0 Å². The summed E-state index contributed by atoms with van der Waals surface area (Å²) in [6.07, 6.45) is 0. The monoisotopic (exact) mass is 407 g/mol. The molecule has 0 aromatic heterocycles. The van der Waals surface area contributed by atoms with Crippen LogP contribution in [0.15, 0.2) is 29.2 Å². The molecule has 26 heavy (non-hydrogen) atoms. The lowest BCUT2D eigenvalue weighted by Gasteiger charge is -2.12. The van der Waals surface area contributed by atoms with Crippen molar-refractivity contribution in [2.45, 2.75) is 11.8 Å². The van der Waals surface area contributed by atoms with Crippen molar-refractivity contribution in [1.29, 1.82) is 0 Å². The average Bonchev–Trinajstić information content (AvgIpc) is 2.58. The van der Waals surface area contributed by atoms with Crippen LogP contribution in [-0.4, -0.2) is 73.1 Å². The van der Waals surface area contributed by atoms with Crippen molar-refractivity contribution in [3.63, 3.8) is 0 Å². The first-order valence-corrected chi connectivity index (χ1v) is 11.3. The van der Waals surface area contributed by atoms with Crippen LogP contribution in [0.25, 0.3) is 0 Å². The molecule has 0 fully saturated rings. The number of hydrogen-bond acceptors (Lipinski definition) is 6. The number of benzene rings is 1. The molecule has 2 amide bonds. The van der Waals surface area contributed by atoms with E-state index in [4.69, 9.17) is 4.74 Å². The van der Waals surface area contributed by atoms with E-state index in [1.54, 1.807) is 21.0 Å². The van der Waals surface area contributed by atoms with Crippen LogP contribution in [0.4, 0.5) is 4.79 Å². The van der Waals surface area contributed by atoms with Crippen LogP contribution in [0.1, 0.15) is 6.92 Å². The molecular formula is C15H25N3O6S2. The van der Waals surface area contributed by atoms with Gasteiger partial charge >= 0.3 is 6.03 Å². The van der Waals surface area contributed by atoms with Gasteiger partial charge in [-0.15, -0.1) is 0 Å². The average molecular weight is 408 g/mol. The summed E-state index contributed by atoms with van der Waals surface area (Å²) in [6, 6.07) is 5.34. The lowest BCUT2D eigenvalue weighted by atomic mass is 10.3. The van der Waals surface area contributed by atoms with Crippen LogP contribution in [0.3, 0.4) is 0 Å². The first-order chi connectivity index (χ1) is 12.1. The van der Waals surface area contributed by atoms with Crippen LogP contribution in [-0.2, 0) is 19.9 Å². The predicted molar refractivity (Wildman–Crippen MR) is 98.5 cm³/mol. The first-order valence-electron chi connectivity index (χ1n) is 7.95. The molecule has 0 spiro atoms. The summed E-state index contributed by atoms with van der Waals surface area (Å²) in [5.74, 6) is 0.339. The Balaban J connectivity index is 2.51. The molecule has 0 aliphatic heterocycles. The maximum atomic E-state index is 12.2. The van der Waals surface area contributed by atoms with E-state index in [0.717, 1.165) is 0 Å². The SMILES string of the molecule is CCS(=O)(=O)CCOc1ccc(S(=O)(=O)NCCNC(=O)N(C)C)cc1. The highest BCUT2D eigenvalue weighted by molar-refractivity contribution is 7.91. The van der Waals surface area contributed by atoms with Crippen LogP contribution < -0.4 is 14.8 Å². The van der Waals surface area contributed by atoms with Gasteiger partial charge in [-0.2, -0.15) is 0 Å². The number of urea groups is 1. The van der Waals surface area contributed by atoms with Gasteiger partial charge < -0.3 is 15.0 Å². The van der Waals surface area contributed by atoms with Crippen molar-refractivity contribution < 1.29 is 26.4 Å². The fourth-order valence-electron chi connectivity index (χ4n) is 1.74. The molecule has 11 heteroatoms. The maximum Gasteiger partial charge on any atom is 0.316 e. The number of hydrogen-bond donors (Lipinski definition) is 2. The number of nitrogens with one attached hydrogen (secondary N) is 2.